The molecule has 4 nitrogen and oxygen atoms in total. The first-order valence-corrected chi connectivity index (χ1v) is 10.3. The molecule has 2 aromatic rings. The molecular formula is C19H27N3OS. The second-order valence-electron chi connectivity index (χ2n) is 7.06. The average Bonchev–Trinajstić information content (AvgIpc) is 3.07. The molecule has 0 aromatic carbocycles. The first-order chi connectivity index (χ1) is 11.8. The van der Waals surface area contributed by atoms with E-state index < -0.39 is 0 Å². The lowest BCUT2D eigenvalue weighted by molar-refractivity contribution is -0.0395. The lowest BCUT2D eigenvalue weighted by Gasteiger charge is -2.35. The molecule has 0 radical (unpaired) electrons. The van der Waals surface area contributed by atoms with Crippen molar-refractivity contribution in [2.75, 3.05) is 18.0 Å². The SMILES string of the molecule is CCc1cc2c(N3CCC(OC4CCCCC4)CC3)ncnc2s1. The molecule has 2 aliphatic rings. The molecule has 4 rings (SSSR count). The van der Waals surface area contributed by atoms with Crippen LogP contribution in [-0.2, 0) is 11.2 Å². The highest BCUT2D eigenvalue weighted by atomic mass is 32.1. The number of hydrogen-bond donors (Lipinski definition) is 0. The third-order valence-electron chi connectivity index (χ3n) is 5.39. The number of piperidine rings is 1. The summed E-state index contributed by atoms with van der Waals surface area (Å²) in [6.07, 6.45) is 12.6. The molecule has 0 N–H and O–H groups in total. The van der Waals surface area contributed by atoms with Crippen LogP contribution in [0.5, 0.6) is 0 Å². The molecule has 1 saturated carbocycles. The van der Waals surface area contributed by atoms with Crippen LogP contribution in [0.25, 0.3) is 10.2 Å². The predicted octanol–water partition coefficient (Wildman–Crippen LogP) is 4.57. The summed E-state index contributed by atoms with van der Waals surface area (Å²) in [6, 6.07) is 2.28. The van der Waals surface area contributed by atoms with Crippen LogP contribution in [0.2, 0.25) is 0 Å². The van der Waals surface area contributed by atoms with Gasteiger partial charge in [-0.15, -0.1) is 11.3 Å². The van der Waals surface area contributed by atoms with Crippen molar-refractivity contribution in [1.82, 2.24) is 9.97 Å². The molecular weight excluding hydrogens is 318 g/mol. The second kappa shape index (κ2) is 7.36. The van der Waals surface area contributed by atoms with Crippen LogP contribution < -0.4 is 4.90 Å². The molecule has 0 bridgehead atoms. The van der Waals surface area contributed by atoms with E-state index in [0.29, 0.717) is 12.2 Å². The van der Waals surface area contributed by atoms with Crippen LogP contribution >= 0.6 is 11.3 Å². The standard InChI is InChI=1S/C19H27N3OS/c1-2-16-12-17-18(20-13-21-19(17)24-16)22-10-8-15(9-11-22)23-14-6-4-3-5-7-14/h12-15H,2-11H2,1H3. The summed E-state index contributed by atoms with van der Waals surface area (Å²) < 4.78 is 6.37. The van der Waals surface area contributed by atoms with E-state index in [1.54, 1.807) is 17.7 Å². The fourth-order valence-corrected chi connectivity index (χ4v) is 4.93. The van der Waals surface area contributed by atoms with Crippen molar-refractivity contribution in [3.8, 4) is 0 Å². The number of rotatable bonds is 4. The third-order valence-corrected chi connectivity index (χ3v) is 6.57. The van der Waals surface area contributed by atoms with Crippen molar-refractivity contribution < 1.29 is 4.74 Å². The lowest BCUT2D eigenvalue weighted by Crippen LogP contribution is -2.39. The van der Waals surface area contributed by atoms with Gasteiger partial charge in [-0.3, -0.25) is 0 Å². The monoisotopic (exact) mass is 345 g/mol. The van der Waals surface area contributed by atoms with Crippen LogP contribution in [0.4, 0.5) is 5.82 Å². The number of anilines is 1. The zero-order chi connectivity index (χ0) is 16.4. The molecule has 0 amide bonds. The van der Waals surface area contributed by atoms with Gasteiger partial charge in [-0.2, -0.15) is 0 Å². The normalized spacial score (nSPS) is 20.8. The van der Waals surface area contributed by atoms with Crippen LogP contribution in [0.1, 0.15) is 56.7 Å². The zero-order valence-corrected chi connectivity index (χ0v) is 15.4. The fourth-order valence-electron chi connectivity index (χ4n) is 4.00. The first-order valence-electron chi connectivity index (χ1n) is 9.47. The van der Waals surface area contributed by atoms with Crippen LogP contribution in [0.3, 0.4) is 0 Å². The Balaban J connectivity index is 1.41. The maximum absolute atomic E-state index is 6.37. The molecule has 5 heteroatoms. The highest BCUT2D eigenvalue weighted by molar-refractivity contribution is 7.18. The summed E-state index contributed by atoms with van der Waals surface area (Å²) in [5.74, 6) is 1.12. The smallest absolute Gasteiger partial charge is 0.140 e. The maximum atomic E-state index is 6.37. The van der Waals surface area contributed by atoms with E-state index in [2.05, 4.69) is 27.9 Å². The largest absolute Gasteiger partial charge is 0.375 e. The topological polar surface area (TPSA) is 38.2 Å². The summed E-state index contributed by atoms with van der Waals surface area (Å²) in [5, 5.41) is 1.23. The Morgan fingerprint density at radius 2 is 1.83 bits per heavy atom. The Labute approximate surface area is 148 Å². The lowest BCUT2D eigenvalue weighted by atomic mass is 9.97. The van der Waals surface area contributed by atoms with Gasteiger partial charge in [-0.05, 0) is 38.2 Å². The molecule has 2 fully saturated rings. The molecule has 2 aromatic heterocycles. The fraction of sp³-hybridized carbons (Fsp3) is 0.684. The van der Waals surface area contributed by atoms with Crippen LogP contribution in [-0.4, -0.2) is 35.3 Å². The molecule has 1 saturated heterocycles. The Morgan fingerprint density at radius 1 is 1.08 bits per heavy atom. The molecule has 0 atom stereocenters. The molecule has 0 unspecified atom stereocenters. The minimum atomic E-state index is 0.440. The van der Waals surface area contributed by atoms with E-state index in [1.807, 2.05) is 0 Å². The quantitative estimate of drug-likeness (QED) is 0.813. The van der Waals surface area contributed by atoms with Gasteiger partial charge in [0.25, 0.3) is 0 Å². The van der Waals surface area contributed by atoms with Gasteiger partial charge in [0.05, 0.1) is 17.6 Å². The highest BCUT2D eigenvalue weighted by Gasteiger charge is 2.25. The highest BCUT2D eigenvalue weighted by Crippen LogP contribution is 2.32. The van der Waals surface area contributed by atoms with Crippen molar-refractivity contribution >= 4 is 27.4 Å². The van der Waals surface area contributed by atoms with Gasteiger partial charge in [0.2, 0.25) is 0 Å². The van der Waals surface area contributed by atoms with E-state index >= 15 is 0 Å². The van der Waals surface area contributed by atoms with Crippen molar-refractivity contribution in [1.29, 1.82) is 0 Å². The van der Waals surface area contributed by atoms with E-state index in [0.717, 1.165) is 43.0 Å². The number of aryl methyl sites for hydroxylation is 1. The van der Waals surface area contributed by atoms with Crippen molar-refractivity contribution in [2.45, 2.75) is 70.5 Å². The molecule has 1 aliphatic carbocycles. The second-order valence-corrected chi connectivity index (χ2v) is 8.18. The summed E-state index contributed by atoms with van der Waals surface area (Å²) in [5.41, 5.74) is 0. The van der Waals surface area contributed by atoms with E-state index in [9.17, 15) is 0 Å². The molecule has 3 heterocycles. The molecule has 1 aliphatic heterocycles. The van der Waals surface area contributed by atoms with Gasteiger partial charge < -0.3 is 9.64 Å². The van der Waals surface area contributed by atoms with Crippen LogP contribution in [0, 0.1) is 0 Å². The van der Waals surface area contributed by atoms with Crippen molar-refractivity contribution in [3.63, 3.8) is 0 Å². The number of ether oxygens (including phenoxy) is 1. The Morgan fingerprint density at radius 3 is 2.58 bits per heavy atom. The van der Waals surface area contributed by atoms with Gasteiger partial charge in [0.15, 0.2) is 0 Å². The van der Waals surface area contributed by atoms with Gasteiger partial charge >= 0.3 is 0 Å². The summed E-state index contributed by atoms with van der Waals surface area (Å²) in [4.78, 5) is 14.0. The van der Waals surface area contributed by atoms with Crippen molar-refractivity contribution in [3.05, 3.63) is 17.3 Å². The first kappa shape index (κ1) is 16.3. The molecule has 24 heavy (non-hydrogen) atoms. The van der Waals surface area contributed by atoms with Crippen LogP contribution in [0.15, 0.2) is 12.4 Å². The molecule has 130 valence electrons. The third kappa shape index (κ3) is 3.42. The van der Waals surface area contributed by atoms with E-state index in [4.69, 9.17) is 4.74 Å². The molecule has 0 spiro atoms. The van der Waals surface area contributed by atoms with Gasteiger partial charge in [0.1, 0.15) is 17.0 Å². The van der Waals surface area contributed by atoms with Gasteiger partial charge in [-0.1, -0.05) is 26.2 Å². The maximum Gasteiger partial charge on any atom is 0.140 e. The number of aromatic nitrogens is 2. The van der Waals surface area contributed by atoms with Gasteiger partial charge in [0, 0.05) is 18.0 Å². The average molecular weight is 346 g/mol. The minimum absolute atomic E-state index is 0.440. The number of fused-ring (bicyclic) bond motifs is 1. The summed E-state index contributed by atoms with van der Waals surface area (Å²) in [7, 11) is 0. The number of hydrogen-bond acceptors (Lipinski definition) is 5. The zero-order valence-electron chi connectivity index (χ0n) is 14.5. The van der Waals surface area contributed by atoms with Crippen molar-refractivity contribution in [2.24, 2.45) is 0 Å². The Hall–Kier alpha value is -1.20. The minimum Gasteiger partial charge on any atom is -0.375 e. The summed E-state index contributed by atoms with van der Waals surface area (Å²) >= 11 is 1.80. The van der Waals surface area contributed by atoms with Gasteiger partial charge in [-0.25, -0.2) is 9.97 Å². The summed E-state index contributed by atoms with van der Waals surface area (Å²) in [6.45, 7) is 4.29. The van der Waals surface area contributed by atoms with E-state index in [1.165, 1.54) is 42.4 Å². The van der Waals surface area contributed by atoms with E-state index in [-0.39, 0.29) is 0 Å². The Kier molecular flexibility index (Phi) is 4.99. The number of nitrogens with zero attached hydrogens (tertiary/aromatic N) is 3. The predicted molar refractivity (Wildman–Crippen MR) is 100.0 cm³/mol. The number of thiophene rings is 1. The Bertz CT molecular complexity index is 672.